The van der Waals surface area contributed by atoms with E-state index in [1.54, 1.807) is 22.7 Å². The number of benzene rings is 2. The number of ketones is 2. The molecule has 4 aromatic rings. The van der Waals surface area contributed by atoms with Gasteiger partial charge in [0.05, 0.1) is 23.3 Å². The van der Waals surface area contributed by atoms with Crippen molar-refractivity contribution in [3.8, 4) is 0 Å². The van der Waals surface area contributed by atoms with Crippen LogP contribution in [-0.2, 0) is 0 Å². The van der Waals surface area contributed by atoms with Crippen molar-refractivity contribution >= 4 is 66.4 Å². The third kappa shape index (κ3) is 1.56. The molecule has 2 aliphatic carbocycles. The predicted molar refractivity (Wildman–Crippen MR) is 119 cm³/mol. The van der Waals surface area contributed by atoms with Crippen molar-refractivity contribution in [2.45, 2.75) is 11.8 Å². The lowest BCUT2D eigenvalue weighted by Crippen LogP contribution is -2.30. The largest absolute Gasteiger partial charge is 0.293 e. The van der Waals surface area contributed by atoms with Gasteiger partial charge in [0.2, 0.25) is 0 Å². The molecule has 8 rings (SSSR count). The van der Waals surface area contributed by atoms with E-state index in [0.29, 0.717) is 11.1 Å². The van der Waals surface area contributed by atoms with Gasteiger partial charge in [0.15, 0.2) is 11.6 Å². The number of aliphatic imine (C=N–C) groups is 2. The molecule has 2 unspecified atom stereocenters. The molecule has 0 spiro atoms. The van der Waals surface area contributed by atoms with E-state index in [9.17, 15) is 9.59 Å². The quantitative estimate of drug-likeness (QED) is 0.360. The van der Waals surface area contributed by atoms with Crippen LogP contribution in [0.1, 0.15) is 54.8 Å². The Balaban J connectivity index is 1.49. The van der Waals surface area contributed by atoms with E-state index >= 15 is 0 Å². The molecular weight excluding hydrogens is 412 g/mol. The smallest absolute Gasteiger partial charge is 0.177 e. The normalized spacial score (nSPS) is 21.9. The van der Waals surface area contributed by atoms with Gasteiger partial charge in [-0.05, 0) is 35.0 Å². The number of hydrogen-bond donors (Lipinski definition) is 0. The molecule has 0 saturated heterocycles. The van der Waals surface area contributed by atoms with Crippen LogP contribution >= 0.6 is 22.7 Å². The molecule has 0 amide bonds. The van der Waals surface area contributed by atoms with Gasteiger partial charge in [-0.3, -0.25) is 9.59 Å². The summed E-state index contributed by atoms with van der Waals surface area (Å²) in [5, 5.41) is 7.55. The van der Waals surface area contributed by atoms with Crippen LogP contribution in [0.2, 0.25) is 0 Å². The van der Waals surface area contributed by atoms with Crippen LogP contribution in [0.4, 0.5) is 10.0 Å². The summed E-state index contributed by atoms with van der Waals surface area (Å²) in [6, 6.07) is 11.8. The molecule has 2 aliphatic heterocycles. The average molecular weight is 422 g/mol. The maximum atomic E-state index is 13.5. The summed E-state index contributed by atoms with van der Waals surface area (Å²) in [6.07, 6.45) is 0. The molecule has 0 saturated carbocycles. The Morgan fingerprint density at radius 1 is 0.600 bits per heavy atom. The second-order valence-corrected chi connectivity index (χ2v) is 9.81. The maximum Gasteiger partial charge on any atom is 0.177 e. The minimum Gasteiger partial charge on any atom is -0.293 e. The maximum absolute atomic E-state index is 13.5. The summed E-state index contributed by atoms with van der Waals surface area (Å²) in [7, 11) is 0. The molecule has 140 valence electrons. The van der Waals surface area contributed by atoms with E-state index in [1.807, 2.05) is 35.0 Å². The molecule has 0 bridgehead atoms. The van der Waals surface area contributed by atoms with Gasteiger partial charge in [0.25, 0.3) is 0 Å². The van der Waals surface area contributed by atoms with E-state index in [1.165, 1.54) is 0 Å². The summed E-state index contributed by atoms with van der Waals surface area (Å²) in [5.41, 5.74) is 6.96. The zero-order chi connectivity index (χ0) is 19.7. The summed E-state index contributed by atoms with van der Waals surface area (Å²) in [5.74, 6) is -0.519. The van der Waals surface area contributed by atoms with Crippen molar-refractivity contribution in [2.24, 2.45) is 9.98 Å². The van der Waals surface area contributed by atoms with Gasteiger partial charge < -0.3 is 0 Å². The highest BCUT2D eigenvalue weighted by Gasteiger charge is 2.45. The molecule has 2 aromatic heterocycles. The van der Waals surface area contributed by atoms with Gasteiger partial charge in [-0.1, -0.05) is 12.1 Å². The fourth-order valence-corrected chi connectivity index (χ4v) is 7.13. The van der Waals surface area contributed by atoms with Crippen LogP contribution in [0.15, 0.2) is 57.1 Å². The molecule has 2 aromatic carbocycles. The lowest BCUT2D eigenvalue weighted by atomic mass is 9.71. The second kappa shape index (κ2) is 4.91. The highest BCUT2D eigenvalue weighted by atomic mass is 32.1. The van der Waals surface area contributed by atoms with Gasteiger partial charge in [0, 0.05) is 44.2 Å². The van der Waals surface area contributed by atoms with E-state index in [2.05, 4.69) is 12.1 Å². The molecule has 4 heterocycles. The van der Waals surface area contributed by atoms with E-state index in [4.69, 9.17) is 9.98 Å². The molecule has 4 aliphatic rings. The summed E-state index contributed by atoms with van der Waals surface area (Å²) in [4.78, 5) is 36.7. The van der Waals surface area contributed by atoms with Crippen molar-refractivity contribution < 1.29 is 9.59 Å². The van der Waals surface area contributed by atoms with E-state index in [0.717, 1.165) is 54.5 Å². The Bertz CT molecular complexity index is 1480. The van der Waals surface area contributed by atoms with E-state index < -0.39 is 0 Å². The zero-order valence-corrected chi connectivity index (χ0v) is 16.9. The Kier molecular flexibility index (Phi) is 2.55. The molecule has 6 heteroatoms. The second-order valence-electron chi connectivity index (χ2n) is 8.02. The number of thiophene rings is 2. The molecule has 2 atom stereocenters. The van der Waals surface area contributed by atoms with Crippen molar-refractivity contribution in [3.05, 3.63) is 80.5 Å². The molecule has 4 nitrogen and oxygen atoms in total. The van der Waals surface area contributed by atoms with Crippen molar-refractivity contribution in [3.63, 3.8) is 0 Å². The first-order chi connectivity index (χ1) is 14.7. The molecule has 0 radical (unpaired) electrons. The van der Waals surface area contributed by atoms with E-state index in [-0.39, 0.29) is 23.4 Å². The van der Waals surface area contributed by atoms with Gasteiger partial charge in [-0.2, -0.15) is 0 Å². The molecule has 30 heavy (non-hydrogen) atoms. The molecular formula is C24H10N2O2S2. The van der Waals surface area contributed by atoms with Crippen molar-refractivity contribution in [2.75, 3.05) is 0 Å². The van der Waals surface area contributed by atoms with Crippen LogP contribution in [0, 0.1) is 0 Å². The first-order valence-electron chi connectivity index (χ1n) is 9.73. The predicted octanol–water partition coefficient (Wildman–Crippen LogP) is 5.79. The Labute approximate surface area is 178 Å². The van der Waals surface area contributed by atoms with Gasteiger partial charge in [0.1, 0.15) is 10.0 Å². The first-order valence-corrected chi connectivity index (χ1v) is 11.5. The van der Waals surface area contributed by atoms with Crippen LogP contribution in [-0.4, -0.2) is 23.0 Å². The third-order valence-electron chi connectivity index (χ3n) is 6.73. The number of rotatable bonds is 0. The zero-order valence-electron chi connectivity index (χ0n) is 15.3. The number of carbonyl (C=O) groups excluding carboxylic acids is 2. The number of carbonyl (C=O) groups is 2. The van der Waals surface area contributed by atoms with Gasteiger partial charge >= 0.3 is 0 Å². The number of fused-ring (bicyclic) bond motifs is 8. The standard InChI is InChI=1S/C24H10N2O2S2/c27-21-11-3-4-12-16-10(20-18(22(12)28)14-6-8-30-24(14)26-20)2-1-9(15(11)16)19-17(21)13-5-7-29-23(13)25-19/h1-8,17-18H. The SMILES string of the molecule is O=C1c2ccc3c4c(ccc(c24)C2=Nc4sccc4C12)C1=Nc2sccc2C1C3=O. The van der Waals surface area contributed by atoms with Crippen LogP contribution in [0.5, 0.6) is 0 Å². The number of Topliss-reactive ketones (excluding diaryl/α,β-unsaturated/α-hetero) is 2. The topological polar surface area (TPSA) is 58.9 Å². The minimum atomic E-state index is -0.333. The van der Waals surface area contributed by atoms with Crippen LogP contribution in [0.25, 0.3) is 10.8 Å². The molecule has 0 fully saturated rings. The lowest BCUT2D eigenvalue weighted by molar-refractivity contribution is 0.0973. The lowest BCUT2D eigenvalue weighted by Gasteiger charge is -2.28. The van der Waals surface area contributed by atoms with Crippen LogP contribution in [0.3, 0.4) is 0 Å². The number of hydrogen-bond acceptors (Lipinski definition) is 6. The van der Waals surface area contributed by atoms with Gasteiger partial charge in [-0.25, -0.2) is 9.98 Å². The van der Waals surface area contributed by atoms with Gasteiger partial charge in [-0.15, -0.1) is 22.7 Å². The summed E-state index contributed by atoms with van der Waals surface area (Å²) < 4.78 is 0. The monoisotopic (exact) mass is 422 g/mol. The third-order valence-corrected chi connectivity index (χ3v) is 8.37. The fourth-order valence-electron chi connectivity index (χ4n) is 5.49. The average Bonchev–Trinajstić information content (AvgIpc) is 3.49. The summed E-state index contributed by atoms with van der Waals surface area (Å²) in [6.45, 7) is 0. The summed E-state index contributed by atoms with van der Waals surface area (Å²) >= 11 is 3.13. The van der Waals surface area contributed by atoms with Crippen molar-refractivity contribution in [1.82, 2.24) is 0 Å². The Hall–Kier alpha value is -3.22. The highest BCUT2D eigenvalue weighted by Crippen LogP contribution is 2.52. The number of nitrogens with zero attached hydrogens (tertiary/aromatic N) is 2. The fraction of sp³-hybridized carbons (Fsp3) is 0.0833. The highest BCUT2D eigenvalue weighted by molar-refractivity contribution is 7.14. The first kappa shape index (κ1) is 15.6. The Morgan fingerprint density at radius 2 is 1.03 bits per heavy atom. The minimum absolute atomic E-state index is 0.0733. The molecule has 0 N–H and O–H groups in total. The van der Waals surface area contributed by atoms with Crippen molar-refractivity contribution in [1.29, 1.82) is 0 Å². The van der Waals surface area contributed by atoms with Crippen LogP contribution < -0.4 is 0 Å². The Morgan fingerprint density at radius 3 is 1.50 bits per heavy atom.